The molecular formula is C22H29N3O4. The average molecular weight is 399 g/mol. The number of nitrogens with one attached hydrogen (secondary N) is 2. The summed E-state index contributed by atoms with van der Waals surface area (Å²) in [7, 11) is 3.39. The second-order valence-electron chi connectivity index (χ2n) is 6.75. The fraction of sp³-hybridized carbons (Fsp3) is 0.409. The molecule has 0 aromatic heterocycles. The highest BCUT2D eigenvalue weighted by Gasteiger charge is 2.11. The standard InChI is InChI=1S/C22H29N3O4/c1-16(29-19-7-4-6-18(13-19)26-3)14-24-22(23-2)25-15-17-8-9-20-21(12-17)28-11-5-10-27-20/h4,6-9,12-13,16H,5,10-11,14-15H2,1-3H3,(H2,23,24,25). The van der Waals surface area contributed by atoms with Gasteiger partial charge in [0, 0.05) is 26.1 Å². The number of hydrogen-bond donors (Lipinski definition) is 2. The lowest BCUT2D eigenvalue weighted by Crippen LogP contribution is -2.41. The van der Waals surface area contributed by atoms with Gasteiger partial charge in [-0.2, -0.15) is 0 Å². The summed E-state index contributed by atoms with van der Waals surface area (Å²) in [4.78, 5) is 4.27. The van der Waals surface area contributed by atoms with E-state index in [1.165, 1.54) is 0 Å². The molecule has 0 amide bonds. The molecule has 0 aliphatic carbocycles. The van der Waals surface area contributed by atoms with Crippen LogP contribution in [-0.4, -0.2) is 46.0 Å². The van der Waals surface area contributed by atoms with Crippen LogP contribution >= 0.6 is 0 Å². The normalized spacial score (nSPS) is 14.5. The van der Waals surface area contributed by atoms with Crippen LogP contribution in [0.1, 0.15) is 18.9 Å². The maximum atomic E-state index is 5.93. The first-order chi connectivity index (χ1) is 14.2. The first-order valence-electron chi connectivity index (χ1n) is 9.81. The lowest BCUT2D eigenvalue weighted by Gasteiger charge is -2.18. The molecule has 1 atom stereocenters. The zero-order valence-corrected chi connectivity index (χ0v) is 17.2. The van der Waals surface area contributed by atoms with Crippen molar-refractivity contribution in [3.05, 3.63) is 48.0 Å². The molecular weight excluding hydrogens is 370 g/mol. The summed E-state index contributed by atoms with van der Waals surface area (Å²) in [5.74, 6) is 3.85. The average Bonchev–Trinajstić information content (AvgIpc) is 2.99. The monoisotopic (exact) mass is 399 g/mol. The van der Waals surface area contributed by atoms with Crippen molar-refractivity contribution in [1.29, 1.82) is 0 Å². The van der Waals surface area contributed by atoms with Gasteiger partial charge in [0.05, 0.1) is 26.9 Å². The predicted octanol–water partition coefficient (Wildman–Crippen LogP) is 2.99. The molecule has 29 heavy (non-hydrogen) atoms. The van der Waals surface area contributed by atoms with E-state index in [4.69, 9.17) is 18.9 Å². The summed E-state index contributed by atoms with van der Waals surface area (Å²) in [6, 6.07) is 13.6. The Bertz CT molecular complexity index is 825. The van der Waals surface area contributed by atoms with Crippen molar-refractivity contribution in [2.45, 2.75) is 26.0 Å². The molecule has 0 spiro atoms. The van der Waals surface area contributed by atoms with E-state index in [0.29, 0.717) is 32.3 Å². The van der Waals surface area contributed by atoms with Gasteiger partial charge >= 0.3 is 0 Å². The van der Waals surface area contributed by atoms with Gasteiger partial charge in [0.2, 0.25) is 0 Å². The number of aliphatic imine (C=N–C) groups is 1. The Morgan fingerprint density at radius 1 is 1.07 bits per heavy atom. The highest BCUT2D eigenvalue weighted by Crippen LogP contribution is 2.30. The molecule has 0 fully saturated rings. The largest absolute Gasteiger partial charge is 0.497 e. The number of benzene rings is 2. The number of methoxy groups -OCH3 is 1. The van der Waals surface area contributed by atoms with Crippen molar-refractivity contribution in [3.63, 3.8) is 0 Å². The molecule has 2 aromatic carbocycles. The molecule has 1 aliphatic rings. The summed E-state index contributed by atoms with van der Waals surface area (Å²) in [6.07, 6.45) is 0.855. The number of rotatable bonds is 7. The van der Waals surface area contributed by atoms with E-state index < -0.39 is 0 Å². The molecule has 2 N–H and O–H groups in total. The first-order valence-corrected chi connectivity index (χ1v) is 9.81. The molecule has 1 unspecified atom stereocenters. The van der Waals surface area contributed by atoms with E-state index in [0.717, 1.165) is 35.0 Å². The first kappa shape index (κ1) is 20.6. The zero-order chi connectivity index (χ0) is 20.5. The number of hydrogen-bond acceptors (Lipinski definition) is 5. The summed E-state index contributed by atoms with van der Waals surface area (Å²) in [5.41, 5.74) is 1.10. The van der Waals surface area contributed by atoms with Gasteiger partial charge in [0.25, 0.3) is 0 Å². The van der Waals surface area contributed by atoms with Crippen LogP contribution in [0.15, 0.2) is 47.5 Å². The van der Waals surface area contributed by atoms with Crippen LogP contribution in [0, 0.1) is 0 Å². The molecule has 3 rings (SSSR count). The second kappa shape index (κ2) is 10.5. The quantitative estimate of drug-likeness (QED) is 0.551. The van der Waals surface area contributed by atoms with Crippen molar-refractivity contribution in [2.24, 2.45) is 4.99 Å². The Morgan fingerprint density at radius 2 is 1.86 bits per heavy atom. The highest BCUT2D eigenvalue weighted by molar-refractivity contribution is 5.79. The summed E-state index contributed by atoms with van der Waals surface area (Å²) < 4.78 is 22.6. The summed E-state index contributed by atoms with van der Waals surface area (Å²) in [5, 5.41) is 6.60. The van der Waals surface area contributed by atoms with Crippen LogP contribution in [0.5, 0.6) is 23.0 Å². The van der Waals surface area contributed by atoms with Crippen molar-refractivity contribution >= 4 is 5.96 Å². The van der Waals surface area contributed by atoms with E-state index in [-0.39, 0.29) is 6.10 Å². The smallest absolute Gasteiger partial charge is 0.191 e. The molecule has 7 heteroatoms. The van der Waals surface area contributed by atoms with Gasteiger partial charge in [0.15, 0.2) is 17.5 Å². The van der Waals surface area contributed by atoms with Gasteiger partial charge in [-0.3, -0.25) is 4.99 Å². The summed E-state index contributed by atoms with van der Waals surface area (Å²) >= 11 is 0. The van der Waals surface area contributed by atoms with Crippen molar-refractivity contribution in [3.8, 4) is 23.0 Å². The van der Waals surface area contributed by atoms with E-state index in [1.54, 1.807) is 14.2 Å². The third kappa shape index (κ3) is 6.20. The molecule has 0 radical (unpaired) electrons. The van der Waals surface area contributed by atoms with Gasteiger partial charge in [-0.25, -0.2) is 0 Å². The Morgan fingerprint density at radius 3 is 2.66 bits per heavy atom. The zero-order valence-electron chi connectivity index (χ0n) is 17.2. The minimum absolute atomic E-state index is 0.0429. The second-order valence-corrected chi connectivity index (χ2v) is 6.75. The predicted molar refractivity (Wildman–Crippen MR) is 113 cm³/mol. The third-order valence-corrected chi connectivity index (χ3v) is 4.43. The van der Waals surface area contributed by atoms with E-state index in [1.807, 2.05) is 49.4 Å². The highest BCUT2D eigenvalue weighted by atomic mass is 16.5. The Labute approximate surface area is 172 Å². The topological polar surface area (TPSA) is 73.3 Å². The van der Waals surface area contributed by atoms with Crippen LogP contribution in [0.25, 0.3) is 0 Å². The molecule has 0 saturated carbocycles. The Kier molecular flexibility index (Phi) is 7.44. The fourth-order valence-corrected chi connectivity index (χ4v) is 2.91. The lowest BCUT2D eigenvalue weighted by molar-refractivity contribution is 0.223. The lowest BCUT2D eigenvalue weighted by atomic mass is 10.2. The van der Waals surface area contributed by atoms with E-state index in [9.17, 15) is 0 Å². The van der Waals surface area contributed by atoms with Crippen molar-refractivity contribution < 1.29 is 18.9 Å². The minimum atomic E-state index is -0.0429. The fourth-order valence-electron chi connectivity index (χ4n) is 2.91. The molecule has 156 valence electrons. The van der Waals surface area contributed by atoms with Gasteiger partial charge in [0.1, 0.15) is 17.6 Å². The number of ether oxygens (including phenoxy) is 4. The third-order valence-electron chi connectivity index (χ3n) is 4.43. The van der Waals surface area contributed by atoms with Crippen molar-refractivity contribution in [1.82, 2.24) is 10.6 Å². The van der Waals surface area contributed by atoms with E-state index >= 15 is 0 Å². The van der Waals surface area contributed by atoms with Crippen LogP contribution in [-0.2, 0) is 6.54 Å². The number of fused-ring (bicyclic) bond motifs is 1. The molecule has 2 aromatic rings. The molecule has 7 nitrogen and oxygen atoms in total. The van der Waals surface area contributed by atoms with Gasteiger partial charge in [-0.1, -0.05) is 12.1 Å². The minimum Gasteiger partial charge on any atom is -0.497 e. The summed E-state index contributed by atoms with van der Waals surface area (Å²) in [6.45, 7) is 4.61. The molecule has 0 saturated heterocycles. The number of guanidine groups is 1. The van der Waals surface area contributed by atoms with Crippen LogP contribution in [0.2, 0.25) is 0 Å². The van der Waals surface area contributed by atoms with Crippen LogP contribution < -0.4 is 29.6 Å². The maximum absolute atomic E-state index is 5.93. The Balaban J connectivity index is 1.47. The van der Waals surface area contributed by atoms with Gasteiger partial charge in [-0.05, 0) is 36.8 Å². The number of nitrogens with zero attached hydrogens (tertiary/aromatic N) is 1. The molecule has 1 aliphatic heterocycles. The molecule has 1 heterocycles. The van der Waals surface area contributed by atoms with Crippen LogP contribution in [0.3, 0.4) is 0 Å². The molecule has 0 bridgehead atoms. The van der Waals surface area contributed by atoms with Crippen LogP contribution in [0.4, 0.5) is 0 Å². The van der Waals surface area contributed by atoms with Crippen molar-refractivity contribution in [2.75, 3.05) is 33.9 Å². The SMILES string of the molecule is CN=C(NCc1ccc2c(c1)OCCCO2)NCC(C)Oc1cccc(OC)c1. The Hall–Kier alpha value is -3.09. The van der Waals surface area contributed by atoms with Gasteiger partial charge in [-0.15, -0.1) is 0 Å². The van der Waals surface area contributed by atoms with Gasteiger partial charge < -0.3 is 29.6 Å². The van der Waals surface area contributed by atoms with E-state index in [2.05, 4.69) is 15.6 Å². The maximum Gasteiger partial charge on any atom is 0.191 e.